The van der Waals surface area contributed by atoms with Crippen molar-refractivity contribution in [2.75, 3.05) is 7.11 Å². The van der Waals surface area contributed by atoms with Crippen LogP contribution in [0, 0.1) is 28.6 Å². The lowest BCUT2D eigenvalue weighted by Crippen LogP contribution is -2.53. The van der Waals surface area contributed by atoms with Crippen LogP contribution >= 0.6 is 0 Å². The van der Waals surface area contributed by atoms with Crippen molar-refractivity contribution in [3.05, 3.63) is 23.3 Å². The van der Waals surface area contributed by atoms with Crippen molar-refractivity contribution in [3.8, 4) is 0 Å². The summed E-state index contributed by atoms with van der Waals surface area (Å²) in [7, 11) is 1.46. The van der Waals surface area contributed by atoms with Gasteiger partial charge < -0.3 is 9.47 Å². The van der Waals surface area contributed by atoms with Crippen molar-refractivity contribution in [3.63, 3.8) is 0 Å². The Balaban J connectivity index is 1.63. The van der Waals surface area contributed by atoms with Crippen molar-refractivity contribution in [2.24, 2.45) is 28.6 Å². The molecule has 0 bridgehead atoms. The molecule has 0 N–H and O–H groups in total. The maximum atomic E-state index is 12.9. The lowest BCUT2D eigenvalue weighted by molar-refractivity contribution is -0.163. The van der Waals surface area contributed by atoms with Gasteiger partial charge in [0, 0.05) is 23.7 Å². The minimum Gasteiger partial charge on any atom is -0.469 e. The predicted octanol–water partition coefficient (Wildman–Crippen LogP) is 3.91. The van der Waals surface area contributed by atoms with Crippen LogP contribution in [0.1, 0.15) is 65.2 Å². The van der Waals surface area contributed by atoms with E-state index in [1.807, 2.05) is 0 Å². The van der Waals surface area contributed by atoms with E-state index in [4.69, 9.17) is 9.47 Å². The first-order valence-electron chi connectivity index (χ1n) is 11.0. The molecule has 0 aromatic rings. The van der Waals surface area contributed by atoms with Gasteiger partial charge in [-0.1, -0.05) is 31.1 Å². The van der Waals surface area contributed by atoms with Crippen LogP contribution in [0.2, 0.25) is 0 Å². The third kappa shape index (κ3) is 2.36. The lowest BCUT2D eigenvalue weighted by Gasteiger charge is -2.56. The van der Waals surface area contributed by atoms with Crippen LogP contribution in [0.15, 0.2) is 23.3 Å². The van der Waals surface area contributed by atoms with Gasteiger partial charge >= 0.3 is 11.9 Å². The van der Waals surface area contributed by atoms with Gasteiger partial charge in [0.2, 0.25) is 0 Å². The van der Waals surface area contributed by atoms with Gasteiger partial charge in [0.15, 0.2) is 5.78 Å². The number of ether oxygens (including phenoxy) is 2. The number of rotatable bonds is 1. The summed E-state index contributed by atoms with van der Waals surface area (Å²) in [5.74, 6) is 0.00356. The van der Waals surface area contributed by atoms with Crippen molar-refractivity contribution in [2.45, 2.75) is 70.8 Å². The quantitative estimate of drug-likeness (QED) is 0.495. The summed E-state index contributed by atoms with van der Waals surface area (Å²) >= 11 is 0. The molecule has 0 aromatic carbocycles. The van der Waals surface area contributed by atoms with Crippen molar-refractivity contribution < 1.29 is 23.9 Å². The Morgan fingerprint density at radius 2 is 1.97 bits per heavy atom. The standard InChI is InChI=1S/C24H30O5/c1-22-8-4-15(25)12-14(22)13-16(21(27)28-3)20-17(22)5-9-23(2)18(20)6-10-24(23)11-7-19(26)29-24/h5,12,16,18,20H,4,6-11,13H2,1-3H3/t16-,18-,20-,22+,23-,24-/m1/s1. The zero-order valence-corrected chi connectivity index (χ0v) is 17.6. The van der Waals surface area contributed by atoms with Crippen LogP contribution in [0.25, 0.3) is 0 Å². The van der Waals surface area contributed by atoms with Gasteiger partial charge in [-0.3, -0.25) is 14.4 Å². The minimum atomic E-state index is -0.392. The molecule has 5 heteroatoms. The van der Waals surface area contributed by atoms with E-state index in [1.165, 1.54) is 12.7 Å². The Morgan fingerprint density at radius 1 is 1.17 bits per heavy atom. The zero-order chi connectivity index (χ0) is 20.6. The van der Waals surface area contributed by atoms with E-state index in [0.29, 0.717) is 19.3 Å². The van der Waals surface area contributed by atoms with Gasteiger partial charge in [-0.15, -0.1) is 0 Å². The molecule has 0 radical (unpaired) electrons. The normalized spacial score (nSPS) is 45.7. The van der Waals surface area contributed by atoms with Crippen LogP contribution in [-0.2, 0) is 23.9 Å². The fourth-order valence-corrected chi connectivity index (χ4v) is 7.53. The average Bonchev–Trinajstić information content (AvgIpc) is 3.22. The predicted molar refractivity (Wildman–Crippen MR) is 106 cm³/mol. The molecule has 1 spiro atoms. The zero-order valence-electron chi connectivity index (χ0n) is 17.6. The highest BCUT2D eigenvalue weighted by Gasteiger charge is 2.67. The Labute approximate surface area is 171 Å². The summed E-state index contributed by atoms with van der Waals surface area (Å²) in [4.78, 5) is 37.1. The number of allylic oxidation sites excluding steroid dienone is 4. The van der Waals surface area contributed by atoms with Gasteiger partial charge in [0.25, 0.3) is 0 Å². The van der Waals surface area contributed by atoms with E-state index < -0.39 is 5.60 Å². The molecule has 2 saturated carbocycles. The van der Waals surface area contributed by atoms with E-state index in [1.54, 1.807) is 6.08 Å². The van der Waals surface area contributed by atoms with E-state index in [0.717, 1.165) is 37.7 Å². The fraction of sp³-hybridized carbons (Fsp3) is 0.708. The Bertz CT molecular complexity index is 868. The van der Waals surface area contributed by atoms with Gasteiger partial charge in [0.1, 0.15) is 5.60 Å². The molecule has 0 unspecified atom stereocenters. The summed E-state index contributed by atoms with van der Waals surface area (Å²) in [6, 6.07) is 0. The highest BCUT2D eigenvalue weighted by atomic mass is 16.6. The van der Waals surface area contributed by atoms with Crippen LogP contribution in [0.4, 0.5) is 0 Å². The number of methoxy groups -OCH3 is 1. The molecule has 6 atom stereocenters. The Morgan fingerprint density at radius 3 is 2.66 bits per heavy atom. The molecule has 5 nitrogen and oxygen atoms in total. The molecular weight excluding hydrogens is 368 g/mol. The smallest absolute Gasteiger partial charge is 0.309 e. The summed E-state index contributed by atoms with van der Waals surface area (Å²) < 4.78 is 11.2. The van der Waals surface area contributed by atoms with E-state index in [9.17, 15) is 14.4 Å². The van der Waals surface area contributed by atoms with Crippen LogP contribution in [0.3, 0.4) is 0 Å². The largest absolute Gasteiger partial charge is 0.469 e. The van der Waals surface area contributed by atoms with Crippen molar-refractivity contribution in [1.29, 1.82) is 0 Å². The number of ketones is 1. The molecule has 0 amide bonds. The number of hydrogen-bond acceptors (Lipinski definition) is 5. The average molecular weight is 398 g/mol. The first-order valence-corrected chi connectivity index (χ1v) is 11.0. The molecule has 1 aliphatic heterocycles. The topological polar surface area (TPSA) is 69.7 Å². The van der Waals surface area contributed by atoms with Crippen molar-refractivity contribution >= 4 is 17.7 Å². The third-order valence-corrected chi connectivity index (χ3v) is 9.23. The molecule has 3 fully saturated rings. The second-order valence-corrected chi connectivity index (χ2v) is 10.2. The second kappa shape index (κ2) is 6.05. The first kappa shape index (κ1) is 19.1. The number of esters is 2. The molecule has 0 aromatic heterocycles. The van der Waals surface area contributed by atoms with Crippen LogP contribution in [-0.4, -0.2) is 30.4 Å². The van der Waals surface area contributed by atoms with Crippen LogP contribution in [0.5, 0.6) is 0 Å². The van der Waals surface area contributed by atoms with Crippen molar-refractivity contribution in [1.82, 2.24) is 0 Å². The maximum absolute atomic E-state index is 12.9. The number of fused-ring (bicyclic) bond motifs is 6. The van der Waals surface area contributed by atoms with E-state index >= 15 is 0 Å². The van der Waals surface area contributed by atoms with Gasteiger partial charge in [-0.05, 0) is 56.4 Å². The summed E-state index contributed by atoms with van der Waals surface area (Å²) in [5.41, 5.74) is 1.72. The lowest BCUT2D eigenvalue weighted by atomic mass is 9.48. The monoisotopic (exact) mass is 398 g/mol. The maximum Gasteiger partial charge on any atom is 0.309 e. The minimum absolute atomic E-state index is 0.0854. The van der Waals surface area contributed by atoms with E-state index in [2.05, 4.69) is 19.9 Å². The van der Waals surface area contributed by atoms with Crippen LogP contribution < -0.4 is 0 Å². The summed E-state index contributed by atoms with van der Waals surface area (Å²) in [6.45, 7) is 4.52. The summed E-state index contributed by atoms with van der Waals surface area (Å²) in [6.07, 6.45) is 10.1. The number of carbonyl (C=O) groups excluding carboxylic acids is 3. The Kier molecular flexibility index (Phi) is 3.98. The van der Waals surface area contributed by atoms with Gasteiger partial charge in [0.05, 0.1) is 13.0 Å². The first-order chi connectivity index (χ1) is 13.7. The molecular formula is C24H30O5. The highest BCUT2D eigenvalue weighted by molar-refractivity contribution is 5.92. The second-order valence-electron chi connectivity index (χ2n) is 10.2. The fourth-order valence-electron chi connectivity index (χ4n) is 7.53. The molecule has 29 heavy (non-hydrogen) atoms. The number of hydrogen-bond donors (Lipinski definition) is 0. The summed E-state index contributed by atoms with van der Waals surface area (Å²) in [5, 5.41) is 0. The van der Waals surface area contributed by atoms with Gasteiger partial charge in [-0.2, -0.15) is 0 Å². The van der Waals surface area contributed by atoms with E-state index in [-0.39, 0.29) is 46.3 Å². The number of carbonyl (C=O) groups is 3. The molecule has 5 rings (SSSR count). The Hall–Kier alpha value is -1.91. The third-order valence-electron chi connectivity index (χ3n) is 9.23. The molecule has 1 saturated heterocycles. The SMILES string of the molecule is COC(=O)[C@@H]1CC2=CC(=O)CC[C@]2(C)C2=CC[C@]3(C)[C@H](CC[C@@]34CCC(=O)O4)[C@@H]21. The molecule has 5 aliphatic rings. The molecule has 1 heterocycles. The molecule has 4 aliphatic carbocycles. The highest BCUT2D eigenvalue weighted by Crippen LogP contribution is 2.69. The molecule has 156 valence electrons. The van der Waals surface area contributed by atoms with Gasteiger partial charge in [-0.25, -0.2) is 0 Å².